The molecule has 0 aromatic carbocycles. The highest BCUT2D eigenvalue weighted by molar-refractivity contribution is 6.75. The third kappa shape index (κ3) is 3.30. The predicted octanol–water partition coefficient (Wildman–Crippen LogP) is 5.43. The van der Waals surface area contributed by atoms with Crippen molar-refractivity contribution in [2.75, 3.05) is 0 Å². The van der Waals surface area contributed by atoms with E-state index in [4.69, 9.17) is 28.2 Å². The second-order valence-electron chi connectivity index (χ2n) is 7.00. The lowest BCUT2D eigenvalue weighted by atomic mass is 10.2. The van der Waals surface area contributed by atoms with Crippen molar-refractivity contribution in [1.82, 2.24) is 14.4 Å². The van der Waals surface area contributed by atoms with Gasteiger partial charge < -0.3 is 4.40 Å². The number of aromatic nitrogens is 3. The normalized spacial score (nSPS) is 12.1. The van der Waals surface area contributed by atoms with Crippen molar-refractivity contribution < 1.29 is 0 Å². The molecule has 3 aromatic rings. The van der Waals surface area contributed by atoms with Crippen LogP contribution in [0.5, 0.6) is 0 Å². The zero-order chi connectivity index (χ0) is 16.8. The van der Waals surface area contributed by atoms with E-state index in [0.29, 0.717) is 10.2 Å². The lowest BCUT2D eigenvalue weighted by Gasteiger charge is -2.17. The Morgan fingerprint density at radius 2 is 1.91 bits per heavy atom. The second-order valence-corrected chi connectivity index (χ2v) is 13.2. The molecule has 0 N–H and O–H groups in total. The van der Waals surface area contributed by atoms with Crippen LogP contribution in [0.1, 0.15) is 11.4 Å². The Balaban J connectivity index is 2.29. The summed E-state index contributed by atoms with van der Waals surface area (Å²) in [6.07, 6.45) is 1.75. The van der Waals surface area contributed by atoms with Crippen LogP contribution in [0.25, 0.3) is 16.9 Å². The zero-order valence-corrected chi connectivity index (χ0v) is 16.2. The third-order valence-corrected chi connectivity index (χ3v) is 5.78. The van der Waals surface area contributed by atoms with E-state index >= 15 is 0 Å². The molecule has 0 spiro atoms. The van der Waals surface area contributed by atoms with Crippen molar-refractivity contribution in [3.63, 3.8) is 0 Å². The first-order valence-electron chi connectivity index (χ1n) is 7.54. The Morgan fingerprint density at radius 1 is 1.17 bits per heavy atom. The molecule has 3 aromatic heterocycles. The van der Waals surface area contributed by atoms with Crippen LogP contribution in [-0.4, -0.2) is 22.4 Å². The molecule has 0 fully saturated rings. The molecule has 120 valence electrons. The molecule has 3 rings (SSSR count). The highest BCUT2D eigenvalue weighted by Crippen LogP contribution is 2.31. The topological polar surface area (TPSA) is 30.2 Å². The SMILES string of the molecule is Cc1cccc2nc(-c3cnc(Cl)c(Cl)c3)c(C[Si](C)(C)C)n12. The highest BCUT2D eigenvalue weighted by atomic mass is 35.5. The maximum Gasteiger partial charge on any atom is 0.147 e. The summed E-state index contributed by atoms with van der Waals surface area (Å²) in [7, 11) is -1.33. The van der Waals surface area contributed by atoms with Crippen molar-refractivity contribution in [3.05, 3.63) is 52.0 Å². The zero-order valence-electron chi connectivity index (χ0n) is 13.7. The number of imidazole rings is 1. The van der Waals surface area contributed by atoms with E-state index in [1.807, 2.05) is 18.2 Å². The maximum atomic E-state index is 6.16. The van der Waals surface area contributed by atoms with Crippen molar-refractivity contribution in [3.8, 4) is 11.3 Å². The van der Waals surface area contributed by atoms with Crippen molar-refractivity contribution in [1.29, 1.82) is 0 Å². The molecule has 0 saturated heterocycles. The smallest absolute Gasteiger partial charge is 0.147 e. The van der Waals surface area contributed by atoms with E-state index in [1.165, 1.54) is 11.4 Å². The third-order valence-electron chi connectivity index (χ3n) is 3.70. The molecule has 0 unspecified atom stereocenters. The van der Waals surface area contributed by atoms with Gasteiger partial charge >= 0.3 is 0 Å². The Kier molecular flexibility index (Phi) is 4.25. The number of nitrogens with zero attached hydrogens (tertiary/aromatic N) is 3. The van der Waals surface area contributed by atoms with E-state index in [1.54, 1.807) is 6.20 Å². The Hall–Kier alpha value is -1.36. The average molecular weight is 364 g/mol. The fraction of sp³-hybridized carbons (Fsp3) is 0.294. The Labute approximate surface area is 147 Å². The summed E-state index contributed by atoms with van der Waals surface area (Å²) in [6.45, 7) is 9.20. The minimum atomic E-state index is -1.33. The maximum absolute atomic E-state index is 6.16. The molecular formula is C17H19Cl2N3Si. The fourth-order valence-corrected chi connectivity index (χ4v) is 4.37. The molecule has 3 nitrogen and oxygen atoms in total. The monoisotopic (exact) mass is 363 g/mol. The van der Waals surface area contributed by atoms with E-state index in [9.17, 15) is 0 Å². The molecule has 0 radical (unpaired) electrons. The van der Waals surface area contributed by atoms with E-state index in [-0.39, 0.29) is 0 Å². The molecule has 3 heterocycles. The standard InChI is InChI=1S/C17H19Cl2N3Si/c1-11-6-5-7-15-21-16(12-8-13(18)17(19)20-9-12)14(22(11)15)10-23(2,3)4/h5-9H,10H2,1-4H3. The van der Waals surface area contributed by atoms with Crippen LogP contribution in [0.15, 0.2) is 30.5 Å². The molecule has 0 saturated carbocycles. The number of pyridine rings is 2. The van der Waals surface area contributed by atoms with Gasteiger partial charge in [0, 0.05) is 23.1 Å². The van der Waals surface area contributed by atoms with Crippen molar-refractivity contribution in [2.24, 2.45) is 0 Å². The highest BCUT2D eigenvalue weighted by Gasteiger charge is 2.22. The largest absolute Gasteiger partial charge is 0.301 e. The molecule has 0 aliphatic carbocycles. The van der Waals surface area contributed by atoms with Gasteiger partial charge in [-0.05, 0) is 31.2 Å². The molecule has 0 bridgehead atoms. The molecule has 6 heteroatoms. The minimum absolute atomic E-state index is 0.321. The van der Waals surface area contributed by atoms with Gasteiger partial charge in [-0.3, -0.25) is 0 Å². The van der Waals surface area contributed by atoms with Gasteiger partial charge in [0.05, 0.1) is 18.8 Å². The van der Waals surface area contributed by atoms with Gasteiger partial charge in [0.15, 0.2) is 0 Å². The molecule has 0 amide bonds. The first-order chi connectivity index (χ1) is 10.8. The molecular weight excluding hydrogens is 345 g/mol. The summed E-state index contributed by atoms with van der Waals surface area (Å²) >= 11 is 12.1. The van der Waals surface area contributed by atoms with Gasteiger partial charge in [-0.2, -0.15) is 0 Å². The second kappa shape index (κ2) is 5.93. The van der Waals surface area contributed by atoms with Gasteiger partial charge in [-0.15, -0.1) is 0 Å². The van der Waals surface area contributed by atoms with Crippen LogP contribution in [-0.2, 0) is 6.04 Å². The first-order valence-corrected chi connectivity index (χ1v) is 12.0. The number of fused-ring (bicyclic) bond motifs is 1. The average Bonchev–Trinajstić information content (AvgIpc) is 2.80. The van der Waals surface area contributed by atoms with Gasteiger partial charge in [0.1, 0.15) is 10.8 Å². The van der Waals surface area contributed by atoms with Crippen LogP contribution < -0.4 is 0 Å². The number of halogens is 2. The van der Waals surface area contributed by atoms with Gasteiger partial charge in [0.2, 0.25) is 0 Å². The Morgan fingerprint density at radius 3 is 2.57 bits per heavy atom. The van der Waals surface area contributed by atoms with E-state index < -0.39 is 8.07 Å². The lowest BCUT2D eigenvalue weighted by molar-refractivity contribution is 1.01. The summed E-state index contributed by atoms with van der Waals surface area (Å²) in [5.41, 5.74) is 5.24. The van der Waals surface area contributed by atoms with Crippen molar-refractivity contribution in [2.45, 2.75) is 32.6 Å². The summed E-state index contributed by atoms with van der Waals surface area (Å²) in [5.74, 6) is 0. The molecule has 0 aliphatic rings. The van der Waals surface area contributed by atoms with Gasteiger partial charge in [-0.1, -0.05) is 48.9 Å². The van der Waals surface area contributed by atoms with Crippen LogP contribution in [0.4, 0.5) is 0 Å². The Bertz CT molecular complexity index is 881. The van der Waals surface area contributed by atoms with Crippen LogP contribution >= 0.6 is 23.2 Å². The first kappa shape index (κ1) is 16.5. The fourth-order valence-electron chi connectivity index (χ4n) is 2.77. The molecule has 0 atom stereocenters. The minimum Gasteiger partial charge on any atom is -0.301 e. The summed E-state index contributed by atoms with van der Waals surface area (Å²) in [5, 5.41) is 0.777. The van der Waals surface area contributed by atoms with Crippen molar-refractivity contribution >= 4 is 36.9 Å². The summed E-state index contributed by atoms with van der Waals surface area (Å²) < 4.78 is 2.25. The van der Waals surface area contributed by atoms with E-state index in [0.717, 1.165) is 22.9 Å². The molecule has 23 heavy (non-hydrogen) atoms. The lowest BCUT2D eigenvalue weighted by Crippen LogP contribution is -2.25. The quantitative estimate of drug-likeness (QED) is 0.458. The van der Waals surface area contributed by atoms with E-state index in [2.05, 4.69) is 42.0 Å². The number of hydrogen-bond acceptors (Lipinski definition) is 2. The molecule has 0 aliphatic heterocycles. The summed E-state index contributed by atoms with van der Waals surface area (Å²) in [6, 6.07) is 9.07. The number of aryl methyl sites for hydroxylation is 1. The predicted molar refractivity (Wildman–Crippen MR) is 100 cm³/mol. The van der Waals surface area contributed by atoms with Crippen LogP contribution in [0.2, 0.25) is 29.8 Å². The summed E-state index contributed by atoms with van der Waals surface area (Å²) in [4.78, 5) is 9.02. The van der Waals surface area contributed by atoms with Crippen LogP contribution in [0, 0.1) is 6.92 Å². The number of hydrogen-bond donors (Lipinski definition) is 0. The van der Waals surface area contributed by atoms with Gasteiger partial charge in [-0.25, -0.2) is 9.97 Å². The van der Waals surface area contributed by atoms with Gasteiger partial charge in [0.25, 0.3) is 0 Å². The number of rotatable bonds is 3. The van der Waals surface area contributed by atoms with Crippen LogP contribution in [0.3, 0.4) is 0 Å².